The van der Waals surface area contributed by atoms with Crippen LogP contribution in [0, 0.1) is 6.92 Å². The zero-order valence-corrected chi connectivity index (χ0v) is 17.1. The van der Waals surface area contributed by atoms with Crippen molar-refractivity contribution in [3.8, 4) is 0 Å². The minimum Gasteiger partial charge on any atom is -0.444 e. The van der Waals surface area contributed by atoms with Crippen molar-refractivity contribution < 1.29 is 19.1 Å². The average Bonchev–Trinajstić information content (AvgIpc) is 3.09. The molecule has 8 nitrogen and oxygen atoms in total. The number of aromatic nitrogens is 2. The lowest BCUT2D eigenvalue weighted by molar-refractivity contribution is -0.128. The van der Waals surface area contributed by atoms with Crippen molar-refractivity contribution in [2.75, 3.05) is 26.2 Å². The summed E-state index contributed by atoms with van der Waals surface area (Å²) in [4.78, 5) is 47.6. The standard InChI is InChI=1S/C19H23ClN4O4/c1-11-9-22-16(20)14-13(11)12(10-21-14)15(25)17(26)23-5-7-24(8-6-23)18(27)28-19(2,3)4/h9-10,21H,5-8H2,1-4H3. The Bertz CT molecular complexity index is 939. The second-order valence-electron chi connectivity index (χ2n) is 7.77. The number of aromatic amines is 1. The Labute approximate surface area is 167 Å². The van der Waals surface area contributed by atoms with E-state index in [-0.39, 0.29) is 23.8 Å². The van der Waals surface area contributed by atoms with E-state index in [1.807, 2.05) is 0 Å². The third kappa shape index (κ3) is 3.96. The quantitative estimate of drug-likeness (QED) is 0.470. The number of Topliss-reactive ketones (excluding diaryl/α,β-unsaturated/α-hetero) is 1. The second-order valence-corrected chi connectivity index (χ2v) is 8.13. The number of carbonyl (C=O) groups excluding carboxylic acids is 3. The van der Waals surface area contributed by atoms with Gasteiger partial charge < -0.3 is 19.5 Å². The summed E-state index contributed by atoms with van der Waals surface area (Å²) in [7, 11) is 0. The van der Waals surface area contributed by atoms with Crippen LogP contribution in [0.1, 0.15) is 36.7 Å². The predicted molar refractivity (Wildman–Crippen MR) is 105 cm³/mol. The van der Waals surface area contributed by atoms with E-state index in [1.54, 1.807) is 38.8 Å². The van der Waals surface area contributed by atoms with Gasteiger partial charge in [-0.1, -0.05) is 11.6 Å². The van der Waals surface area contributed by atoms with E-state index in [4.69, 9.17) is 16.3 Å². The number of piperazine rings is 1. The third-order valence-electron chi connectivity index (χ3n) is 4.51. The van der Waals surface area contributed by atoms with Crippen LogP contribution in [-0.4, -0.2) is 69.3 Å². The molecule has 1 fully saturated rings. The molecule has 2 aromatic heterocycles. The van der Waals surface area contributed by atoms with Crippen LogP contribution in [0.2, 0.25) is 5.15 Å². The Hall–Kier alpha value is -2.61. The highest BCUT2D eigenvalue weighted by Crippen LogP contribution is 2.27. The number of hydrogen-bond acceptors (Lipinski definition) is 5. The van der Waals surface area contributed by atoms with Crippen molar-refractivity contribution >= 4 is 40.3 Å². The van der Waals surface area contributed by atoms with E-state index in [0.29, 0.717) is 24.0 Å². The maximum absolute atomic E-state index is 12.8. The van der Waals surface area contributed by atoms with Gasteiger partial charge in [0.2, 0.25) is 0 Å². The summed E-state index contributed by atoms with van der Waals surface area (Å²) in [5, 5.41) is 0.851. The fourth-order valence-electron chi connectivity index (χ4n) is 3.13. The Morgan fingerprint density at radius 1 is 1.14 bits per heavy atom. The van der Waals surface area contributed by atoms with Gasteiger partial charge in [-0.3, -0.25) is 9.59 Å². The Balaban J connectivity index is 1.70. The largest absolute Gasteiger partial charge is 0.444 e. The molecule has 28 heavy (non-hydrogen) atoms. The summed E-state index contributed by atoms with van der Waals surface area (Å²) in [5.41, 5.74) is 0.985. The van der Waals surface area contributed by atoms with E-state index in [1.165, 1.54) is 11.1 Å². The van der Waals surface area contributed by atoms with Gasteiger partial charge in [0.25, 0.3) is 11.7 Å². The molecule has 3 rings (SSSR count). The van der Waals surface area contributed by atoms with E-state index in [2.05, 4.69) is 9.97 Å². The fraction of sp³-hybridized carbons (Fsp3) is 0.474. The van der Waals surface area contributed by atoms with E-state index in [0.717, 1.165) is 5.56 Å². The van der Waals surface area contributed by atoms with Crippen molar-refractivity contribution in [3.63, 3.8) is 0 Å². The number of H-pyrrole nitrogens is 1. The Morgan fingerprint density at radius 2 is 1.75 bits per heavy atom. The summed E-state index contributed by atoms with van der Waals surface area (Å²) in [6, 6.07) is 0. The molecule has 2 aromatic rings. The molecule has 0 radical (unpaired) electrons. The van der Waals surface area contributed by atoms with Gasteiger partial charge in [-0.05, 0) is 33.3 Å². The molecule has 1 saturated heterocycles. The van der Waals surface area contributed by atoms with Crippen LogP contribution in [0.3, 0.4) is 0 Å². The first kappa shape index (κ1) is 20.1. The number of ether oxygens (including phenoxy) is 1. The number of aryl methyl sites for hydroxylation is 1. The monoisotopic (exact) mass is 406 g/mol. The number of rotatable bonds is 2. The summed E-state index contributed by atoms with van der Waals surface area (Å²) in [5.74, 6) is -1.21. The number of nitrogens with zero attached hydrogens (tertiary/aromatic N) is 3. The summed E-state index contributed by atoms with van der Waals surface area (Å²) < 4.78 is 5.35. The number of carbonyl (C=O) groups is 3. The summed E-state index contributed by atoms with van der Waals surface area (Å²) >= 11 is 6.07. The number of nitrogens with one attached hydrogen (secondary N) is 1. The van der Waals surface area contributed by atoms with Crippen LogP contribution in [0.25, 0.3) is 10.9 Å². The lowest BCUT2D eigenvalue weighted by atomic mass is 10.1. The van der Waals surface area contributed by atoms with Crippen molar-refractivity contribution in [3.05, 3.63) is 28.7 Å². The van der Waals surface area contributed by atoms with Gasteiger partial charge >= 0.3 is 6.09 Å². The van der Waals surface area contributed by atoms with Crippen LogP contribution >= 0.6 is 11.6 Å². The van der Waals surface area contributed by atoms with Gasteiger partial charge in [-0.25, -0.2) is 9.78 Å². The van der Waals surface area contributed by atoms with Crippen LogP contribution in [0.15, 0.2) is 12.4 Å². The highest BCUT2D eigenvalue weighted by Gasteiger charge is 2.31. The fourth-order valence-corrected chi connectivity index (χ4v) is 3.33. The number of hydrogen-bond donors (Lipinski definition) is 1. The molecule has 0 saturated carbocycles. The number of pyridine rings is 1. The van der Waals surface area contributed by atoms with Gasteiger partial charge in [0, 0.05) is 44.0 Å². The van der Waals surface area contributed by atoms with Crippen molar-refractivity contribution in [2.45, 2.75) is 33.3 Å². The van der Waals surface area contributed by atoms with Crippen LogP contribution < -0.4 is 0 Å². The van der Waals surface area contributed by atoms with Crippen LogP contribution in [0.5, 0.6) is 0 Å². The molecular formula is C19H23ClN4O4. The molecule has 1 N–H and O–H groups in total. The topological polar surface area (TPSA) is 95.6 Å². The molecule has 3 heterocycles. The first-order valence-electron chi connectivity index (χ1n) is 9.02. The van der Waals surface area contributed by atoms with Crippen molar-refractivity contribution in [1.82, 2.24) is 19.8 Å². The number of fused-ring (bicyclic) bond motifs is 1. The van der Waals surface area contributed by atoms with Gasteiger partial charge in [0.1, 0.15) is 5.60 Å². The first-order valence-corrected chi connectivity index (χ1v) is 9.40. The molecule has 9 heteroatoms. The van der Waals surface area contributed by atoms with E-state index >= 15 is 0 Å². The molecule has 1 aliphatic rings. The number of amides is 2. The SMILES string of the molecule is Cc1cnc(Cl)c2[nH]cc(C(=O)C(=O)N3CCN(C(=O)OC(C)(C)C)CC3)c12. The normalized spacial score (nSPS) is 15.0. The maximum atomic E-state index is 12.8. The Morgan fingerprint density at radius 3 is 2.36 bits per heavy atom. The molecule has 0 atom stereocenters. The van der Waals surface area contributed by atoms with Crippen molar-refractivity contribution in [2.24, 2.45) is 0 Å². The smallest absolute Gasteiger partial charge is 0.410 e. The lowest BCUT2D eigenvalue weighted by Crippen LogP contribution is -2.53. The highest BCUT2D eigenvalue weighted by atomic mass is 35.5. The minimum absolute atomic E-state index is 0.248. The van der Waals surface area contributed by atoms with Crippen molar-refractivity contribution in [1.29, 1.82) is 0 Å². The lowest BCUT2D eigenvalue weighted by Gasteiger charge is -2.35. The predicted octanol–water partition coefficient (Wildman–Crippen LogP) is 2.79. The molecule has 0 aromatic carbocycles. The van der Waals surface area contributed by atoms with Gasteiger partial charge in [-0.15, -0.1) is 0 Å². The summed E-state index contributed by atoms with van der Waals surface area (Å²) in [6.07, 6.45) is 2.64. The van der Waals surface area contributed by atoms with E-state index < -0.39 is 23.4 Å². The molecule has 2 amide bonds. The minimum atomic E-state index is -0.609. The van der Waals surface area contributed by atoms with Gasteiger partial charge in [0.15, 0.2) is 5.15 Å². The summed E-state index contributed by atoms with van der Waals surface area (Å²) in [6.45, 7) is 8.38. The zero-order valence-electron chi connectivity index (χ0n) is 16.3. The average molecular weight is 407 g/mol. The second kappa shape index (κ2) is 7.43. The molecule has 0 bridgehead atoms. The van der Waals surface area contributed by atoms with Crippen LogP contribution in [-0.2, 0) is 9.53 Å². The Kier molecular flexibility index (Phi) is 5.34. The van der Waals surface area contributed by atoms with E-state index in [9.17, 15) is 14.4 Å². The van der Waals surface area contributed by atoms with Gasteiger partial charge in [0.05, 0.1) is 11.1 Å². The van der Waals surface area contributed by atoms with Gasteiger partial charge in [-0.2, -0.15) is 0 Å². The molecule has 0 spiro atoms. The molecule has 0 unspecified atom stereocenters. The number of halogens is 1. The zero-order chi connectivity index (χ0) is 20.6. The third-order valence-corrected chi connectivity index (χ3v) is 4.80. The molecule has 0 aliphatic carbocycles. The molecule has 1 aliphatic heterocycles. The first-order chi connectivity index (χ1) is 13.1. The molecule has 150 valence electrons. The maximum Gasteiger partial charge on any atom is 0.410 e. The molecular weight excluding hydrogens is 384 g/mol. The van der Waals surface area contributed by atoms with Crippen LogP contribution in [0.4, 0.5) is 4.79 Å². The number of ketones is 1. The highest BCUT2D eigenvalue weighted by molar-refractivity contribution is 6.45.